The molecule has 3 N–H and O–H groups in total. The molecule has 0 radical (unpaired) electrons. The molecule has 1 aliphatic rings. The first kappa shape index (κ1) is 10.3. The third kappa shape index (κ3) is 2.41. The van der Waals surface area contributed by atoms with E-state index >= 15 is 0 Å². The number of allylic oxidation sites excluding steroid dienone is 1. The fraction of sp³-hybridized carbons (Fsp3) is 0.583. The van der Waals surface area contributed by atoms with Crippen LogP contribution in [0, 0.1) is 5.92 Å². The quantitative estimate of drug-likeness (QED) is 0.745. The summed E-state index contributed by atoms with van der Waals surface area (Å²) >= 11 is 0. The third-order valence-electron chi connectivity index (χ3n) is 3.24. The molecule has 0 saturated heterocycles. The number of nitrogens with two attached hydrogens (primary N) is 1. The maximum Gasteiger partial charge on any atom is 0.145 e. The van der Waals surface area contributed by atoms with E-state index in [0.717, 1.165) is 5.92 Å². The zero-order valence-electron chi connectivity index (χ0n) is 9.29. The number of aromatic amines is 1. The van der Waals surface area contributed by atoms with Crippen molar-refractivity contribution in [1.82, 2.24) is 10.2 Å². The average Bonchev–Trinajstić information content (AvgIpc) is 2.72. The van der Waals surface area contributed by atoms with Gasteiger partial charge >= 0.3 is 0 Å². The van der Waals surface area contributed by atoms with E-state index in [2.05, 4.69) is 23.7 Å². The van der Waals surface area contributed by atoms with E-state index in [0.29, 0.717) is 11.7 Å². The fourth-order valence-corrected chi connectivity index (χ4v) is 2.60. The number of hydrogen-bond acceptors (Lipinski definition) is 2. The number of aromatic nitrogens is 2. The lowest BCUT2D eigenvalue weighted by Crippen LogP contribution is -1.97. The lowest BCUT2D eigenvalue weighted by molar-refractivity contribution is 0.532. The van der Waals surface area contributed by atoms with E-state index in [4.69, 9.17) is 5.73 Å². The molecule has 1 aromatic heterocycles. The molecule has 2 atom stereocenters. The topological polar surface area (TPSA) is 54.7 Å². The largest absolute Gasteiger partial charge is 0.382 e. The smallest absolute Gasteiger partial charge is 0.145 e. The molecular weight excluding hydrogens is 186 g/mol. The van der Waals surface area contributed by atoms with Crippen LogP contribution in [-0.4, -0.2) is 10.2 Å². The monoisotopic (exact) mass is 205 g/mol. The Hall–Kier alpha value is -1.25. The van der Waals surface area contributed by atoms with E-state index < -0.39 is 0 Å². The van der Waals surface area contributed by atoms with Crippen LogP contribution >= 0.6 is 0 Å². The molecule has 1 aromatic rings. The van der Waals surface area contributed by atoms with E-state index in [9.17, 15) is 0 Å². The van der Waals surface area contributed by atoms with Gasteiger partial charge in [-0.25, -0.2) is 0 Å². The molecule has 1 fully saturated rings. The van der Waals surface area contributed by atoms with Crippen molar-refractivity contribution in [2.24, 2.45) is 5.92 Å². The Bertz CT molecular complexity index is 354. The SMILES string of the molecule is C=C(C)CC1CCC(c2cc(N)n[nH]2)C1. The van der Waals surface area contributed by atoms with Crippen LogP contribution in [0.1, 0.15) is 44.2 Å². The number of nitrogen functional groups attached to an aromatic ring is 1. The molecule has 0 spiro atoms. The fourth-order valence-electron chi connectivity index (χ4n) is 2.60. The average molecular weight is 205 g/mol. The minimum Gasteiger partial charge on any atom is -0.382 e. The van der Waals surface area contributed by atoms with Crippen LogP contribution in [0.4, 0.5) is 5.82 Å². The summed E-state index contributed by atoms with van der Waals surface area (Å²) in [6.07, 6.45) is 4.96. The van der Waals surface area contributed by atoms with E-state index in [1.807, 2.05) is 6.07 Å². The molecule has 1 aliphatic carbocycles. The first-order chi connectivity index (χ1) is 7.15. The Labute approximate surface area is 90.8 Å². The summed E-state index contributed by atoms with van der Waals surface area (Å²) < 4.78 is 0. The third-order valence-corrected chi connectivity index (χ3v) is 3.24. The lowest BCUT2D eigenvalue weighted by Gasteiger charge is -2.09. The molecule has 0 amide bonds. The summed E-state index contributed by atoms with van der Waals surface area (Å²) in [4.78, 5) is 0. The molecule has 3 heteroatoms. The number of H-pyrrole nitrogens is 1. The molecule has 2 rings (SSSR count). The molecule has 82 valence electrons. The number of rotatable bonds is 3. The van der Waals surface area contributed by atoms with Crippen molar-refractivity contribution in [2.45, 2.75) is 38.5 Å². The Morgan fingerprint density at radius 2 is 2.47 bits per heavy atom. The number of anilines is 1. The first-order valence-electron chi connectivity index (χ1n) is 5.60. The molecular formula is C12H19N3. The lowest BCUT2D eigenvalue weighted by atomic mass is 9.97. The first-order valence-corrected chi connectivity index (χ1v) is 5.60. The van der Waals surface area contributed by atoms with Gasteiger partial charge in [-0.3, -0.25) is 5.10 Å². The van der Waals surface area contributed by atoms with Crippen LogP contribution in [0.3, 0.4) is 0 Å². The van der Waals surface area contributed by atoms with E-state index in [1.54, 1.807) is 0 Å². The van der Waals surface area contributed by atoms with Gasteiger partial charge in [0.05, 0.1) is 0 Å². The molecule has 2 unspecified atom stereocenters. The van der Waals surface area contributed by atoms with E-state index in [-0.39, 0.29) is 0 Å². The van der Waals surface area contributed by atoms with E-state index in [1.165, 1.54) is 37.0 Å². The van der Waals surface area contributed by atoms with Crippen molar-refractivity contribution in [2.75, 3.05) is 5.73 Å². The zero-order valence-corrected chi connectivity index (χ0v) is 9.29. The van der Waals surface area contributed by atoms with Gasteiger partial charge in [0, 0.05) is 17.7 Å². The van der Waals surface area contributed by atoms with Crippen LogP contribution in [0.5, 0.6) is 0 Å². The predicted octanol–water partition coefficient (Wildman–Crippen LogP) is 2.84. The highest BCUT2D eigenvalue weighted by atomic mass is 15.2. The highest BCUT2D eigenvalue weighted by molar-refractivity contribution is 5.30. The second-order valence-corrected chi connectivity index (χ2v) is 4.79. The summed E-state index contributed by atoms with van der Waals surface area (Å²) in [7, 11) is 0. The predicted molar refractivity (Wildman–Crippen MR) is 62.5 cm³/mol. The summed E-state index contributed by atoms with van der Waals surface area (Å²) in [6.45, 7) is 6.09. The summed E-state index contributed by atoms with van der Waals surface area (Å²) in [6, 6.07) is 1.97. The van der Waals surface area contributed by atoms with Crippen LogP contribution in [0.25, 0.3) is 0 Å². The van der Waals surface area contributed by atoms with Gasteiger partial charge in [-0.15, -0.1) is 6.58 Å². The standard InChI is InChI=1S/C12H19N3/c1-8(2)5-9-3-4-10(6-9)11-7-12(13)15-14-11/h7,9-10H,1,3-6H2,2H3,(H3,13,14,15). The van der Waals surface area contributed by atoms with Gasteiger partial charge in [-0.1, -0.05) is 5.57 Å². The summed E-state index contributed by atoms with van der Waals surface area (Å²) in [5, 5.41) is 7.01. The van der Waals surface area contributed by atoms with Gasteiger partial charge in [0.1, 0.15) is 5.82 Å². The molecule has 15 heavy (non-hydrogen) atoms. The van der Waals surface area contributed by atoms with Crippen LogP contribution in [-0.2, 0) is 0 Å². The summed E-state index contributed by atoms with van der Waals surface area (Å²) in [5.41, 5.74) is 8.11. The van der Waals surface area contributed by atoms with Crippen molar-refractivity contribution in [3.05, 3.63) is 23.9 Å². The minimum absolute atomic E-state index is 0.605. The van der Waals surface area contributed by atoms with Gasteiger partial charge in [0.2, 0.25) is 0 Å². The maximum atomic E-state index is 5.61. The Kier molecular flexibility index (Phi) is 2.80. The van der Waals surface area contributed by atoms with Gasteiger partial charge in [-0.05, 0) is 38.5 Å². The summed E-state index contributed by atoms with van der Waals surface area (Å²) in [5.74, 6) is 2.03. The maximum absolute atomic E-state index is 5.61. The second kappa shape index (κ2) is 4.09. The van der Waals surface area contributed by atoms with Crippen LogP contribution in [0.15, 0.2) is 18.2 Å². The van der Waals surface area contributed by atoms with Crippen molar-refractivity contribution in [3.8, 4) is 0 Å². The normalized spacial score (nSPS) is 25.7. The van der Waals surface area contributed by atoms with Crippen molar-refractivity contribution in [1.29, 1.82) is 0 Å². The number of nitrogens with one attached hydrogen (secondary N) is 1. The highest BCUT2D eigenvalue weighted by Crippen LogP contribution is 2.40. The van der Waals surface area contributed by atoms with Crippen LogP contribution in [0.2, 0.25) is 0 Å². The molecule has 0 aliphatic heterocycles. The Morgan fingerprint density at radius 1 is 1.67 bits per heavy atom. The van der Waals surface area contributed by atoms with Crippen molar-refractivity contribution < 1.29 is 0 Å². The molecule has 3 nitrogen and oxygen atoms in total. The van der Waals surface area contributed by atoms with Gasteiger partial charge in [-0.2, -0.15) is 5.10 Å². The number of hydrogen-bond donors (Lipinski definition) is 2. The zero-order chi connectivity index (χ0) is 10.8. The second-order valence-electron chi connectivity index (χ2n) is 4.79. The van der Waals surface area contributed by atoms with Crippen LogP contribution < -0.4 is 5.73 Å². The van der Waals surface area contributed by atoms with Crippen molar-refractivity contribution in [3.63, 3.8) is 0 Å². The molecule has 1 saturated carbocycles. The number of nitrogens with zero attached hydrogens (tertiary/aromatic N) is 1. The molecule has 0 aromatic carbocycles. The molecule has 1 heterocycles. The van der Waals surface area contributed by atoms with Gasteiger partial charge < -0.3 is 5.73 Å². The van der Waals surface area contributed by atoms with Gasteiger partial charge in [0.25, 0.3) is 0 Å². The highest BCUT2D eigenvalue weighted by Gasteiger charge is 2.26. The minimum atomic E-state index is 0.605. The Balaban J connectivity index is 1.95. The van der Waals surface area contributed by atoms with Crippen molar-refractivity contribution >= 4 is 5.82 Å². The van der Waals surface area contributed by atoms with Gasteiger partial charge in [0.15, 0.2) is 0 Å². The Morgan fingerprint density at radius 3 is 3.07 bits per heavy atom. The molecule has 0 bridgehead atoms.